The molecule has 0 atom stereocenters. The Morgan fingerprint density at radius 1 is 1.00 bits per heavy atom. The molecule has 3 nitrogen and oxygen atoms in total. The first kappa shape index (κ1) is 15.7. The van der Waals surface area contributed by atoms with Crippen LogP contribution in [0.4, 0.5) is 18.9 Å². The van der Waals surface area contributed by atoms with E-state index in [1.807, 2.05) is 30.3 Å². The van der Waals surface area contributed by atoms with Gasteiger partial charge in [0.05, 0.1) is 4.47 Å². The Labute approximate surface area is 128 Å². The lowest BCUT2D eigenvalue weighted by Gasteiger charge is -2.14. The molecule has 2 aromatic carbocycles. The SMILES string of the molecule is FC(F)(F)Oc1cccc(CNNc2ccccc2)c1Br. The van der Waals surface area contributed by atoms with Gasteiger partial charge in [-0.05, 0) is 39.7 Å². The van der Waals surface area contributed by atoms with Gasteiger partial charge >= 0.3 is 6.36 Å². The van der Waals surface area contributed by atoms with E-state index in [1.54, 1.807) is 6.07 Å². The molecule has 0 bridgehead atoms. The molecule has 112 valence electrons. The Hall–Kier alpha value is -1.73. The van der Waals surface area contributed by atoms with Gasteiger partial charge in [0.2, 0.25) is 0 Å². The molecule has 0 saturated heterocycles. The summed E-state index contributed by atoms with van der Waals surface area (Å²) in [5.74, 6) is -0.262. The van der Waals surface area contributed by atoms with Crippen molar-refractivity contribution in [3.05, 3.63) is 58.6 Å². The van der Waals surface area contributed by atoms with Gasteiger partial charge in [-0.25, -0.2) is 5.43 Å². The fraction of sp³-hybridized carbons (Fsp3) is 0.143. The number of alkyl halides is 3. The molecular formula is C14H12BrF3N2O. The summed E-state index contributed by atoms with van der Waals surface area (Å²) >= 11 is 3.13. The minimum atomic E-state index is -4.71. The summed E-state index contributed by atoms with van der Waals surface area (Å²) in [6, 6.07) is 13.8. The van der Waals surface area contributed by atoms with Crippen LogP contribution >= 0.6 is 15.9 Å². The second-order valence-electron chi connectivity index (χ2n) is 4.12. The third-order valence-corrected chi connectivity index (χ3v) is 3.45. The summed E-state index contributed by atoms with van der Waals surface area (Å²) in [7, 11) is 0. The van der Waals surface area contributed by atoms with Crippen LogP contribution in [-0.2, 0) is 6.54 Å². The first-order valence-corrected chi connectivity index (χ1v) is 6.82. The molecule has 0 amide bonds. The van der Waals surface area contributed by atoms with E-state index in [0.29, 0.717) is 12.1 Å². The second-order valence-corrected chi connectivity index (χ2v) is 4.91. The quantitative estimate of drug-likeness (QED) is 0.772. The third kappa shape index (κ3) is 4.95. The van der Waals surface area contributed by atoms with Gasteiger partial charge in [0, 0.05) is 12.2 Å². The van der Waals surface area contributed by atoms with E-state index in [0.717, 1.165) is 5.69 Å². The van der Waals surface area contributed by atoms with Crippen LogP contribution in [0.3, 0.4) is 0 Å². The maximum Gasteiger partial charge on any atom is 0.573 e. The number of hydrogen-bond acceptors (Lipinski definition) is 3. The maximum absolute atomic E-state index is 12.3. The van der Waals surface area contributed by atoms with Gasteiger partial charge in [0.15, 0.2) is 0 Å². The summed E-state index contributed by atoms with van der Waals surface area (Å²) in [6.07, 6.45) is -4.71. The van der Waals surface area contributed by atoms with Crippen molar-refractivity contribution in [3.8, 4) is 5.75 Å². The average Bonchev–Trinajstić information content (AvgIpc) is 2.43. The molecule has 0 heterocycles. The molecule has 2 aromatic rings. The van der Waals surface area contributed by atoms with E-state index in [2.05, 4.69) is 31.5 Å². The highest BCUT2D eigenvalue weighted by Crippen LogP contribution is 2.32. The number of hydrogen-bond donors (Lipinski definition) is 2. The topological polar surface area (TPSA) is 33.3 Å². The number of benzene rings is 2. The smallest absolute Gasteiger partial charge is 0.405 e. The zero-order chi connectivity index (χ0) is 15.3. The van der Waals surface area contributed by atoms with Gasteiger partial charge in [-0.3, -0.25) is 0 Å². The highest BCUT2D eigenvalue weighted by Gasteiger charge is 2.32. The zero-order valence-electron chi connectivity index (χ0n) is 10.7. The molecule has 0 fully saturated rings. The number of rotatable bonds is 5. The van der Waals surface area contributed by atoms with E-state index in [-0.39, 0.29) is 10.2 Å². The Morgan fingerprint density at radius 2 is 1.71 bits per heavy atom. The van der Waals surface area contributed by atoms with Crippen molar-refractivity contribution < 1.29 is 17.9 Å². The minimum Gasteiger partial charge on any atom is -0.405 e. The lowest BCUT2D eigenvalue weighted by atomic mass is 10.2. The maximum atomic E-state index is 12.3. The number of hydrazine groups is 1. The van der Waals surface area contributed by atoms with Gasteiger partial charge in [-0.15, -0.1) is 13.2 Å². The molecule has 0 aromatic heterocycles. The van der Waals surface area contributed by atoms with Crippen LogP contribution < -0.4 is 15.6 Å². The lowest BCUT2D eigenvalue weighted by Crippen LogP contribution is -2.21. The van der Waals surface area contributed by atoms with Crippen LogP contribution in [0.1, 0.15) is 5.56 Å². The summed E-state index contributed by atoms with van der Waals surface area (Å²) in [5.41, 5.74) is 7.38. The molecule has 0 aliphatic rings. The Balaban J connectivity index is 1.99. The molecule has 0 radical (unpaired) electrons. The van der Waals surface area contributed by atoms with Crippen molar-refractivity contribution in [2.75, 3.05) is 5.43 Å². The van der Waals surface area contributed by atoms with Crippen molar-refractivity contribution in [2.24, 2.45) is 0 Å². The van der Waals surface area contributed by atoms with Crippen molar-refractivity contribution >= 4 is 21.6 Å². The zero-order valence-corrected chi connectivity index (χ0v) is 12.3. The predicted octanol–water partition coefficient (Wildman–Crippen LogP) is 4.46. The fourth-order valence-electron chi connectivity index (χ4n) is 1.66. The highest BCUT2D eigenvalue weighted by atomic mass is 79.9. The van der Waals surface area contributed by atoms with Crippen LogP contribution in [0.5, 0.6) is 5.75 Å². The van der Waals surface area contributed by atoms with Crippen molar-refractivity contribution in [2.45, 2.75) is 12.9 Å². The largest absolute Gasteiger partial charge is 0.573 e. The first-order valence-electron chi connectivity index (χ1n) is 6.03. The predicted molar refractivity (Wildman–Crippen MR) is 77.7 cm³/mol. The number of nitrogens with one attached hydrogen (secondary N) is 2. The Morgan fingerprint density at radius 3 is 2.38 bits per heavy atom. The van der Waals surface area contributed by atoms with Gasteiger partial charge in [-0.2, -0.15) is 0 Å². The molecule has 0 spiro atoms. The van der Waals surface area contributed by atoms with Crippen LogP contribution in [0.15, 0.2) is 53.0 Å². The van der Waals surface area contributed by atoms with Crippen molar-refractivity contribution in [1.29, 1.82) is 0 Å². The summed E-state index contributed by atoms with van der Waals surface area (Å²) in [6.45, 7) is 0.324. The molecule has 0 saturated carbocycles. The van der Waals surface area contributed by atoms with E-state index in [4.69, 9.17) is 0 Å². The standard InChI is InChI=1S/C14H12BrF3N2O/c15-13-10(5-4-8-12(13)21-14(16,17)18)9-19-20-11-6-2-1-3-7-11/h1-8,19-20H,9H2. The molecule has 0 unspecified atom stereocenters. The van der Waals surface area contributed by atoms with Gasteiger partial charge in [0.1, 0.15) is 5.75 Å². The van der Waals surface area contributed by atoms with Gasteiger partial charge in [0.25, 0.3) is 0 Å². The number of para-hydroxylation sites is 1. The number of halogens is 4. The van der Waals surface area contributed by atoms with E-state index < -0.39 is 6.36 Å². The Bertz CT molecular complexity index is 591. The minimum absolute atomic E-state index is 0.262. The summed E-state index contributed by atoms with van der Waals surface area (Å²) < 4.78 is 41.0. The molecule has 2 N–H and O–H groups in total. The monoisotopic (exact) mass is 360 g/mol. The van der Waals surface area contributed by atoms with E-state index in [1.165, 1.54) is 12.1 Å². The molecular weight excluding hydrogens is 349 g/mol. The van der Waals surface area contributed by atoms with Crippen LogP contribution in [0.2, 0.25) is 0 Å². The van der Waals surface area contributed by atoms with Crippen molar-refractivity contribution in [3.63, 3.8) is 0 Å². The summed E-state index contributed by atoms with van der Waals surface area (Å²) in [4.78, 5) is 0. The van der Waals surface area contributed by atoms with Gasteiger partial charge < -0.3 is 10.2 Å². The molecule has 0 aliphatic carbocycles. The first-order chi connectivity index (χ1) is 9.96. The van der Waals surface area contributed by atoms with E-state index in [9.17, 15) is 13.2 Å². The van der Waals surface area contributed by atoms with E-state index >= 15 is 0 Å². The lowest BCUT2D eigenvalue weighted by molar-refractivity contribution is -0.274. The van der Waals surface area contributed by atoms with Crippen LogP contribution in [0.25, 0.3) is 0 Å². The van der Waals surface area contributed by atoms with Crippen molar-refractivity contribution in [1.82, 2.24) is 5.43 Å². The van der Waals surface area contributed by atoms with Crippen LogP contribution in [0, 0.1) is 0 Å². The summed E-state index contributed by atoms with van der Waals surface area (Å²) in [5, 5.41) is 0. The third-order valence-electron chi connectivity index (χ3n) is 2.55. The normalized spacial score (nSPS) is 11.2. The van der Waals surface area contributed by atoms with Gasteiger partial charge in [-0.1, -0.05) is 30.3 Å². The average molecular weight is 361 g/mol. The van der Waals surface area contributed by atoms with Crippen LogP contribution in [-0.4, -0.2) is 6.36 Å². The molecule has 7 heteroatoms. The highest BCUT2D eigenvalue weighted by molar-refractivity contribution is 9.10. The number of ether oxygens (including phenoxy) is 1. The fourth-order valence-corrected chi connectivity index (χ4v) is 2.14. The molecule has 2 rings (SSSR count). The molecule has 0 aliphatic heterocycles. The Kier molecular flexibility index (Phi) is 5.08. The number of anilines is 1. The second kappa shape index (κ2) is 6.82. The molecule has 21 heavy (non-hydrogen) atoms.